The van der Waals surface area contributed by atoms with Crippen LogP contribution in [-0.2, 0) is 14.3 Å². The lowest BCUT2D eigenvalue weighted by Crippen LogP contribution is -2.78. The van der Waals surface area contributed by atoms with E-state index in [-0.39, 0.29) is 0 Å². The summed E-state index contributed by atoms with van der Waals surface area (Å²) in [7, 11) is 0. The maximum Gasteiger partial charge on any atom is 0.337 e. The van der Waals surface area contributed by atoms with Crippen molar-refractivity contribution in [3.8, 4) is 0 Å². The van der Waals surface area contributed by atoms with E-state index in [1.807, 2.05) is 0 Å². The first-order chi connectivity index (χ1) is 8.56. The summed E-state index contributed by atoms with van der Waals surface area (Å²) in [5, 5.41) is 56.6. The van der Waals surface area contributed by atoms with Gasteiger partial charge in [0.15, 0.2) is 6.10 Å². The number of ether oxygens (including phenoxy) is 2. The molecule has 0 saturated carbocycles. The van der Waals surface area contributed by atoms with E-state index in [1.165, 1.54) is 0 Å². The number of hydrogen-bond acceptors (Lipinski definition) is 10. The summed E-state index contributed by atoms with van der Waals surface area (Å²) in [6.07, 6.45) is -7.34. The van der Waals surface area contributed by atoms with Crippen molar-refractivity contribution in [1.82, 2.24) is 0 Å². The molecule has 8 N–H and O–H groups in total. The van der Waals surface area contributed by atoms with Crippen molar-refractivity contribution in [1.29, 1.82) is 0 Å². The molecule has 1 saturated heterocycles. The van der Waals surface area contributed by atoms with Gasteiger partial charge in [-0.15, -0.1) is 0 Å². The number of hydrogen-bond donors (Lipinski definition) is 7. The third kappa shape index (κ3) is 2.70. The highest BCUT2D eigenvalue weighted by atomic mass is 16.8. The molecule has 0 amide bonds. The molecule has 0 aromatic rings. The molecule has 0 bridgehead atoms. The Balaban J connectivity index is 3.05. The first-order valence-electron chi connectivity index (χ1n) is 5.36. The van der Waals surface area contributed by atoms with E-state index in [1.54, 1.807) is 0 Å². The molecule has 1 aliphatic rings. The van der Waals surface area contributed by atoms with Crippen LogP contribution in [0.4, 0.5) is 0 Å². The summed E-state index contributed by atoms with van der Waals surface area (Å²) in [5.41, 5.74) is 5.17. The SMILES string of the molecule is CC(O)C(=O)O[C@]1(O)[C@@H](O)[C@H](O)[C@@H](CO)OC1(N)O. The van der Waals surface area contributed by atoms with E-state index in [4.69, 9.17) is 15.9 Å². The Hall–Kier alpha value is -0.850. The second-order valence-corrected chi connectivity index (χ2v) is 4.26. The molecule has 0 spiro atoms. The van der Waals surface area contributed by atoms with Crippen molar-refractivity contribution in [3.63, 3.8) is 0 Å². The normalized spacial score (nSPS) is 44.7. The summed E-state index contributed by atoms with van der Waals surface area (Å²) in [5.74, 6) is -7.72. The fraction of sp³-hybridized carbons (Fsp3) is 0.889. The maximum atomic E-state index is 11.2. The standard InChI is InChI=1S/C9H17NO9/c1-3(12)7(15)19-8(16)6(14)5(13)4(2-11)18-9(8,10)17/h3-6,11-14,16-17H,2,10H2,1H3/t3?,4-,5-,6+,8-,9?/m1/s1. The number of esters is 1. The molecule has 1 heterocycles. The van der Waals surface area contributed by atoms with Crippen LogP contribution < -0.4 is 5.73 Å². The average Bonchev–Trinajstić information content (AvgIpc) is 2.32. The van der Waals surface area contributed by atoms with Gasteiger partial charge in [0.25, 0.3) is 5.91 Å². The molecule has 2 unspecified atom stereocenters. The number of rotatable bonds is 3. The van der Waals surface area contributed by atoms with Crippen LogP contribution in [0.15, 0.2) is 0 Å². The zero-order valence-corrected chi connectivity index (χ0v) is 10.0. The van der Waals surface area contributed by atoms with Gasteiger partial charge in [-0.25, -0.2) is 4.79 Å². The van der Waals surface area contributed by atoms with Crippen LogP contribution in [0.5, 0.6) is 0 Å². The quantitative estimate of drug-likeness (QED) is 0.196. The number of carbonyl (C=O) groups is 1. The summed E-state index contributed by atoms with van der Waals surface area (Å²) in [6, 6.07) is 0. The molecular weight excluding hydrogens is 266 g/mol. The van der Waals surface area contributed by atoms with E-state index >= 15 is 0 Å². The Morgan fingerprint density at radius 3 is 2.42 bits per heavy atom. The number of carbonyl (C=O) groups excluding carboxylic acids is 1. The first kappa shape index (κ1) is 16.2. The number of nitrogens with two attached hydrogens (primary N) is 1. The van der Waals surface area contributed by atoms with Crippen LogP contribution in [0.1, 0.15) is 6.92 Å². The van der Waals surface area contributed by atoms with Gasteiger partial charge in [0.05, 0.1) is 6.61 Å². The van der Waals surface area contributed by atoms with Crippen LogP contribution in [0, 0.1) is 0 Å². The molecule has 6 atom stereocenters. The molecule has 1 aliphatic heterocycles. The zero-order valence-electron chi connectivity index (χ0n) is 10.0. The lowest BCUT2D eigenvalue weighted by Gasteiger charge is -2.49. The molecule has 0 aromatic heterocycles. The average molecular weight is 283 g/mol. The second-order valence-electron chi connectivity index (χ2n) is 4.26. The summed E-state index contributed by atoms with van der Waals surface area (Å²) < 4.78 is 8.87. The Morgan fingerprint density at radius 1 is 1.47 bits per heavy atom. The maximum absolute atomic E-state index is 11.2. The predicted molar refractivity (Wildman–Crippen MR) is 55.8 cm³/mol. The van der Waals surface area contributed by atoms with E-state index < -0.39 is 48.7 Å². The summed E-state index contributed by atoms with van der Waals surface area (Å²) in [4.78, 5) is 11.2. The Labute approximate surface area is 107 Å². The number of aliphatic hydroxyl groups is 6. The van der Waals surface area contributed by atoms with Crippen molar-refractivity contribution in [2.75, 3.05) is 6.61 Å². The molecule has 10 nitrogen and oxygen atoms in total. The fourth-order valence-electron chi connectivity index (χ4n) is 1.55. The van der Waals surface area contributed by atoms with Crippen molar-refractivity contribution < 1.29 is 44.9 Å². The molecular formula is C9H17NO9. The molecule has 0 radical (unpaired) electrons. The van der Waals surface area contributed by atoms with Crippen LogP contribution in [0.25, 0.3) is 0 Å². The highest BCUT2D eigenvalue weighted by Crippen LogP contribution is 2.34. The minimum atomic E-state index is -3.22. The minimum absolute atomic E-state index is 0.821. The van der Waals surface area contributed by atoms with Crippen molar-refractivity contribution >= 4 is 5.97 Å². The summed E-state index contributed by atoms with van der Waals surface area (Å²) in [6.45, 7) is 0.183. The Morgan fingerprint density at radius 2 is 2.00 bits per heavy atom. The van der Waals surface area contributed by atoms with Gasteiger partial charge in [0.2, 0.25) is 0 Å². The van der Waals surface area contributed by atoms with Crippen molar-refractivity contribution in [2.24, 2.45) is 5.73 Å². The third-order valence-electron chi connectivity index (χ3n) is 2.73. The summed E-state index contributed by atoms with van der Waals surface area (Å²) >= 11 is 0. The van der Waals surface area contributed by atoms with Gasteiger partial charge < -0.3 is 40.1 Å². The highest BCUT2D eigenvalue weighted by Gasteiger charge is 2.65. The zero-order chi connectivity index (χ0) is 15.0. The Bertz CT molecular complexity index is 347. The van der Waals surface area contributed by atoms with Crippen LogP contribution in [0.2, 0.25) is 0 Å². The molecule has 0 aliphatic carbocycles. The third-order valence-corrected chi connectivity index (χ3v) is 2.73. The largest absolute Gasteiger partial charge is 0.421 e. The van der Waals surface area contributed by atoms with E-state index in [2.05, 4.69) is 9.47 Å². The van der Waals surface area contributed by atoms with Gasteiger partial charge in [0, 0.05) is 0 Å². The van der Waals surface area contributed by atoms with E-state index in [0.717, 1.165) is 6.92 Å². The lowest BCUT2D eigenvalue weighted by atomic mass is 9.93. The molecule has 10 heteroatoms. The molecule has 0 aromatic carbocycles. The van der Waals surface area contributed by atoms with Crippen molar-refractivity contribution in [3.05, 3.63) is 0 Å². The molecule has 1 fully saturated rings. The van der Waals surface area contributed by atoms with E-state index in [0.29, 0.717) is 0 Å². The van der Waals surface area contributed by atoms with E-state index in [9.17, 15) is 25.2 Å². The van der Waals surface area contributed by atoms with Gasteiger partial charge in [-0.2, -0.15) is 0 Å². The van der Waals surface area contributed by atoms with Gasteiger partial charge in [-0.05, 0) is 6.92 Å². The number of aliphatic hydroxyl groups excluding tert-OH is 4. The van der Waals surface area contributed by atoms with Gasteiger partial charge in [0.1, 0.15) is 18.3 Å². The molecule has 19 heavy (non-hydrogen) atoms. The molecule has 1 rings (SSSR count). The van der Waals surface area contributed by atoms with Gasteiger partial charge >= 0.3 is 11.8 Å². The molecule has 112 valence electrons. The monoisotopic (exact) mass is 283 g/mol. The second kappa shape index (κ2) is 5.26. The van der Waals surface area contributed by atoms with Crippen molar-refractivity contribution in [2.45, 2.75) is 43.0 Å². The van der Waals surface area contributed by atoms with Crippen LogP contribution in [0.3, 0.4) is 0 Å². The van der Waals surface area contributed by atoms with Crippen LogP contribution in [-0.4, -0.2) is 79.3 Å². The fourth-order valence-corrected chi connectivity index (χ4v) is 1.55. The van der Waals surface area contributed by atoms with Gasteiger partial charge in [-0.1, -0.05) is 0 Å². The highest BCUT2D eigenvalue weighted by molar-refractivity contribution is 5.74. The van der Waals surface area contributed by atoms with Gasteiger partial charge in [-0.3, -0.25) is 5.73 Å². The smallest absolute Gasteiger partial charge is 0.337 e. The Kier molecular flexibility index (Phi) is 4.49. The minimum Gasteiger partial charge on any atom is -0.421 e. The predicted octanol–water partition coefficient (Wildman–Crippen LogP) is -4.68. The topological polar surface area (TPSA) is 183 Å². The lowest BCUT2D eigenvalue weighted by molar-refractivity contribution is -0.446. The first-order valence-corrected chi connectivity index (χ1v) is 5.36. The van der Waals surface area contributed by atoms with Crippen LogP contribution >= 0.6 is 0 Å².